The number of alkyl halides is 3. The van der Waals surface area contributed by atoms with Crippen molar-refractivity contribution in [2.24, 2.45) is 0 Å². The number of hydrogen-bond donors (Lipinski definition) is 2. The third-order valence-corrected chi connectivity index (χ3v) is 2.44. The first-order valence-corrected chi connectivity index (χ1v) is 6.14. The summed E-state index contributed by atoms with van der Waals surface area (Å²) < 4.78 is 39.7. The fraction of sp³-hybridized carbons (Fsp3) is 0.538. The highest BCUT2D eigenvalue weighted by molar-refractivity contribution is 5.27. The molecule has 7 heteroatoms. The molecule has 0 aliphatic heterocycles. The van der Waals surface area contributed by atoms with Gasteiger partial charge in [-0.05, 0) is 31.8 Å². The van der Waals surface area contributed by atoms with Crippen LogP contribution in [-0.2, 0) is 6.54 Å². The number of likely N-dealkylation sites (N-methyl/N-ethyl adjacent to an activating group) is 1. The third-order valence-electron chi connectivity index (χ3n) is 2.44. The second-order valence-corrected chi connectivity index (χ2v) is 4.74. The highest BCUT2D eigenvalue weighted by Crippen LogP contribution is 2.22. The quantitative estimate of drug-likeness (QED) is 0.801. The van der Waals surface area contributed by atoms with Crippen LogP contribution in [0.2, 0.25) is 0 Å². The predicted molar refractivity (Wildman–Crippen MR) is 69.4 cm³/mol. The molecule has 1 rings (SSSR count). The molecule has 0 aromatic heterocycles. The van der Waals surface area contributed by atoms with E-state index in [-0.39, 0.29) is 5.75 Å². The monoisotopic (exact) mass is 292 g/mol. The molecule has 0 bridgehead atoms. The summed E-state index contributed by atoms with van der Waals surface area (Å²) in [5, 5.41) is 12.7. The zero-order chi connectivity index (χ0) is 15.2. The summed E-state index contributed by atoms with van der Waals surface area (Å²) in [5.41, 5.74) is 0.816. The molecule has 0 fully saturated rings. The van der Waals surface area contributed by atoms with Crippen molar-refractivity contribution >= 4 is 0 Å². The van der Waals surface area contributed by atoms with E-state index >= 15 is 0 Å². The number of benzene rings is 1. The summed E-state index contributed by atoms with van der Waals surface area (Å²) in [6.07, 6.45) is -5.16. The van der Waals surface area contributed by atoms with Crippen molar-refractivity contribution in [3.05, 3.63) is 29.8 Å². The van der Waals surface area contributed by atoms with E-state index in [0.717, 1.165) is 5.56 Å². The van der Waals surface area contributed by atoms with Crippen molar-refractivity contribution < 1.29 is 23.0 Å². The highest BCUT2D eigenvalue weighted by Gasteiger charge is 2.30. The Hall–Kier alpha value is -1.31. The molecule has 1 unspecified atom stereocenters. The fourth-order valence-electron chi connectivity index (χ4n) is 1.68. The Morgan fingerprint density at radius 1 is 1.25 bits per heavy atom. The van der Waals surface area contributed by atoms with Gasteiger partial charge in [-0.15, -0.1) is 13.2 Å². The summed E-state index contributed by atoms with van der Waals surface area (Å²) >= 11 is 0. The number of rotatable bonds is 7. The molecule has 0 spiro atoms. The molecule has 1 aromatic carbocycles. The standard InChI is InChI=1S/C13H19F3N2O2/c1-18(2)9-11(19)8-17-7-10-3-5-12(6-4-10)20-13(14,15)16/h3-6,11,17,19H,7-9H2,1-2H3. The molecular weight excluding hydrogens is 273 g/mol. The first kappa shape index (κ1) is 16.7. The Morgan fingerprint density at radius 2 is 1.85 bits per heavy atom. The van der Waals surface area contributed by atoms with E-state index in [1.807, 2.05) is 19.0 Å². The van der Waals surface area contributed by atoms with E-state index in [9.17, 15) is 18.3 Å². The van der Waals surface area contributed by atoms with Crippen molar-refractivity contribution in [1.82, 2.24) is 10.2 Å². The van der Waals surface area contributed by atoms with Crippen molar-refractivity contribution in [1.29, 1.82) is 0 Å². The molecule has 1 atom stereocenters. The normalized spacial score (nSPS) is 13.6. The van der Waals surface area contributed by atoms with Gasteiger partial charge in [-0.25, -0.2) is 0 Å². The first-order chi connectivity index (χ1) is 9.26. The highest BCUT2D eigenvalue weighted by atomic mass is 19.4. The molecule has 20 heavy (non-hydrogen) atoms. The van der Waals surface area contributed by atoms with Gasteiger partial charge in [-0.1, -0.05) is 12.1 Å². The van der Waals surface area contributed by atoms with Crippen molar-refractivity contribution in [3.63, 3.8) is 0 Å². The molecule has 114 valence electrons. The molecular formula is C13H19F3N2O2. The Bertz CT molecular complexity index is 394. The maximum Gasteiger partial charge on any atom is 0.573 e. The molecule has 4 nitrogen and oxygen atoms in total. The number of ether oxygens (including phenoxy) is 1. The zero-order valence-corrected chi connectivity index (χ0v) is 11.4. The number of hydrogen-bond acceptors (Lipinski definition) is 4. The van der Waals surface area contributed by atoms with Crippen LogP contribution in [0.1, 0.15) is 5.56 Å². The minimum absolute atomic E-state index is 0.242. The van der Waals surface area contributed by atoms with Gasteiger partial charge >= 0.3 is 6.36 Å². The zero-order valence-electron chi connectivity index (χ0n) is 11.4. The van der Waals surface area contributed by atoms with E-state index in [1.165, 1.54) is 12.1 Å². The van der Waals surface area contributed by atoms with Crippen LogP contribution in [0, 0.1) is 0 Å². The average molecular weight is 292 g/mol. The van der Waals surface area contributed by atoms with Crippen LogP contribution >= 0.6 is 0 Å². The van der Waals surface area contributed by atoms with Crippen LogP contribution in [0.15, 0.2) is 24.3 Å². The van der Waals surface area contributed by atoms with E-state index in [1.54, 1.807) is 12.1 Å². The molecule has 0 radical (unpaired) electrons. The molecule has 0 aliphatic rings. The largest absolute Gasteiger partial charge is 0.573 e. The van der Waals surface area contributed by atoms with Gasteiger partial charge in [0.15, 0.2) is 0 Å². The molecule has 0 heterocycles. The van der Waals surface area contributed by atoms with Crippen LogP contribution < -0.4 is 10.1 Å². The van der Waals surface area contributed by atoms with Gasteiger partial charge in [-0.2, -0.15) is 0 Å². The van der Waals surface area contributed by atoms with E-state index in [0.29, 0.717) is 19.6 Å². The van der Waals surface area contributed by atoms with Crippen molar-refractivity contribution in [3.8, 4) is 5.75 Å². The molecule has 1 aromatic rings. The second-order valence-electron chi connectivity index (χ2n) is 4.74. The Kier molecular flexibility index (Phi) is 6.25. The Morgan fingerprint density at radius 3 is 2.35 bits per heavy atom. The number of aliphatic hydroxyl groups excluding tert-OH is 1. The SMILES string of the molecule is CN(C)CC(O)CNCc1ccc(OC(F)(F)F)cc1. The van der Waals surface area contributed by atoms with Crippen LogP contribution in [0.3, 0.4) is 0 Å². The lowest BCUT2D eigenvalue weighted by atomic mass is 10.2. The molecule has 0 saturated carbocycles. The molecule has 2 N–H and O–H groups in total. The summed E-state index contributed by atoms with van der Waals surface area (Å²) in [6, 6.07) is 5.63. The van der Waals surface area contributed by atoms with Crippen molar-refractivity contribution in [2.75, 3.05) is 27.2 Å². The minimum atomic E-state index is -4.67. The van der Waals surface area contributed by atoms with Gasteiger partial charge in [0, 0.05) is 19.6 Å². The summed E-state index contributed by atoms with van der Waals surface area (Å²) in [4.78, 5) is 1.87. The Labute approximate surface area is 116 Å². The van der Waals surface area contributed by atoms with E-state index in [2.05, 4.69) is 10.1 Å². The minimum Gasteiger partial charge on any atom is -0.406 e. The second kappa shape index (κ2) is 7.47. The first-order valence-electron chi connectivity index (χ1n) is 6.14. The lowest BCUT2D eigenvalue weighted by Gasteiger charge is -2.16. The van der Waals surface area contributed by atoms with Crippen LogP contribution in [-0.4, -0.2) is 49.7 Å². The average Bonchev–Trinajstić information content (AvgIpc) is 2.28. The fourth-order valence-corrected chi connectivity index (χ4v) is 1.68. The molecule has 0 aliphatic carbocycles. The Balaban J connectivity index is 2.35. The van der Waals surface area contributed by atoms with E-state index in [4.69, 9.17) is 0 Å². The van der Waals surface area contributed by atoms with Gasteiger partial charge < -0.3 is 20.1 Å². The topological polar surface area (TPSA) is 44.7 Å². The number of halogens is 3. The van der Waals surface area contributed by atoms with Gasteiger partial charge in [0.1, 0.15) is 5.75 Å². The molecule has 0 saturated heterocycles. The maximum absolute atomic E-state index is 12.0. The lowest BCUT2D eigenvalue weighted by Crippen LogP contribution is -2.34. The summed E-state index contributed by atoms with van der Waals surface area (Å²) in [6.45, 7) is 1.43. The van der Waals surface area contributed by atoms with Gasteiger partial charge in [-0.3, -0.25) is 0 Å². The predicted octanol–water partition coefficient (Wildman–Crippen LogP) is 1.60. The summed E-state index contributed by atoms with van der Waals surface area (Å²) in [5.74, 6) is -0.242. The van der Waals surface area contributed by atoms with E-state index < -0.39 is 12.5 Å². The lowest BCUT2D eigenvalue weighted by molar-refractivity contribution is -0.274. The van der Waals surface area contributed by atoms with Gasteiger partial charge in [0.2, 0.25) is 0 Å². The van der Waals surface area contributed by atoms with Gasteiger partial charge in [0.05, 0.1) is 6.10 Å². The number of aliphatic hydroxyl groups is 1. The third kappa shape index (κ3) is 7.32. The van der Waals surface area contributed by atoms with Crippen LogP contribution in [0.5, 0.6) is 5.75 Å². The summed E-state index contributed by atoms with van der Waals surface area (Å²) in [7, 11) is 3.73. The van der Waals surface area contributed by atoms with Gasteiger partial charge in [0.25, 0.3) is 0 Å². The van der Waals surface area contributed by atoms with Crippen LogP contribution in [0.4, 0.5) is 13.2 Å². The number of nitrogens with one attached hydrogen (secondary N) is 1. The number of nitrogens with zero attached hydrogens (tertiary/aromatic N) is 1. The maximum atomic E-state index is 12.0. The van der Waals surface area contributed by atoms with Crippen LogP contribution in [0.25, 0.3) is 0 Å². The smallest absolute Gasteiger partial charge is 0.406 e. The van der Waals surface area contributed by atoms with Crippen molar-refractivity contribution in [2.45, 2.75) is 19.0 Å². The molecule has 0 amide bonds.